The van der Waals surface area contributed by atoms with Crippen LogP contribution in [0.1, 0.15) is 57.1 Å². The molecular formula is C28H34N2O5. The summed E-state index contributed by atoms with van der Waals surface area (Å²) < 4.78 is 5.59. The first-order valence-corrected chi connectivity index (χ1v) is 12.3. The smallest absolute Gasteiger partial charge is 0.407 e. The second-order valence-corrected chi connectivity index (χ2v) is 10.3. The third kappa shape index (κ3) is 5.19. The van der Waals surface area contributed by atoms with Gasteiger partial charge in [-0.2, -0.15) is 0 Å². The summed E-state index contributed by atoms with van der Waals surface area (Å²) in [7, 11) is 0. The molecule has 186 valence electrons. The van der Waals surface area contributed by atoms with Crippen LogP contribution in [0.25, 0.3) is 11.1 Å². The van der Waals surface area contributed by atoms with Crippen LogP contribution in [-0.4, -0.2) is 53.7 Å². The van der Waals surface area contributed by atoms with Crippen molar-refractivity contribution in [3.05, 3.63) is 59.7 Å². The van der Waals surface area contributed by atoms with E-state index in [-0.39, 0.29) is 30.8 Å². The van der Waals surface area contributed by atoms with Crippen molar-refractivity contribution >= 4 is 18.0 Å². The fraction of sp³-hybridized carbons (Fsp3) is 0.464. The first-order chi connectivity index (χ1) is 16.7. The van der Waals surface area contributed by atoms with Gasteiger partial charge in [-0.25, -0.2) is 4.79 Å². The maximum atomic E-state index is 12.9. The molecule has 2 aromatic rings. The lowest BCUT2D eigenvalue weighted by Gasteiger charge is -2.39. The second-order valence-electron chi connectivity index (χ2n) is 10.3. The van der Waals surface area contributed by atoms with E-state index in [1.807, 2.05) is 24.3 Å². The number of carboxylic acids is 1. The van der Waals surface area contributed by atoms with E-state index >= 15 is 0 Å². The molecule has 4 rings (SSSR count). The third-order valence-electron chi connectivity index (χ3n) is 7.53. The highest BCUT2D eigenvalue weighted by Crippen LogP contribution is 2.44. The number of carbonyl (C=O) groups excluding carboxylic acids is 2. The number of likely N-dealkylation sites (tertiary alicyclic amines) is 1. The van der Waals surface area contributed by atoms with Gasteiger partial charge in [-0.3, -0.25) is 9.59 Å². The van der Waals surface area contributed by atoms with Gasteiger partial charge in [-0.1, -0.05) is 48.5 Å². The molecule has 2 aromatic carbocycles. The Morgan fingerprint density at radius 1 is 1.09 bits per heavy atom. The largest absolute Gasteiger partial charge is 0.481 e. The van der Waals surface area contributed by atoms with E-state index < -0.39 is 23.5 Å². The molecule has 2 amide bonds. The Hall–Kier alpha value is -3.35. The van der Waals surface area contributed by atoms with Crippen molar-refractivity contribution in [2.75, 3.05) is 19.7 Å². The number of carboxylic acid groups (broad SMARTS) is 1. The molecule has 0 radical (unpaired) electrons. The van der Waals surface area contributed by atoms with Gasteiger partial charge in [0.25, 0.3) is 0 Å². The number of piperidine rings is 1. The highest BCUT2D eigenvalue weighted by molar-refractivity contribution is 5.80. The summed E-state index contributed by atoms with van der Waals surface area (Å²) in [5, 5.41) is 12.3. The minimum absolute atomic E-state index is 0.0204. The van der Waals surface area contributed by atoms with Gasteiger partial charge in [0.05, 0.1) is 5.41 Å². The van der Waals surface area contributed by atoms with Crippen LogP contribution in [0.5, 0.6) is 0 Å². The first kappa shape index (κ1) is 24.8. The fourth-order valence-corrected chi connectivity index (χ4v) is 5.25. The minimum Gasteiger partial charge on any atom is -0.481 e. The predicted molar refractivity (Wildman–Crippen MR) is 133 cm³/mol. The maximum Gasteiger partial charge on any atom is 0.407 e. The number of hydrogen-bond acceptors (Lipinski definition) is 4. The first-order valence-electron chi connectivity index (χ1n) is 12.3. The maximum absolute atomic E-state index is 12.9. The lowest BCUT2D eigenvalue weighted by molar-refractivity contribution is -0.153. The zero-order valence-electron chi connectivity index (χ0n) is 20.6. The van der Waals surface area contributed by atoms with Crippen molar-refractivity contribution in [2.24, 2.45) is 11.3 Å². The van der Waals surface area contributed by atoms with Crippen LogP contribution in [0, 0.1) is 11.3 Å². The zero-order chi connectivity index (χ0) is 25.2. The Balaban J connectivity index is 1.29. The molecular weight excluding hydrogens is 444 g/mol. The second kappa shape index (κ2) is 10.1. The summed E-state index contributed by atoms with van der Waals surface area (Å²) in [6, 6.07) is 15.9. The molecule has 7 heteroatoms. The molecule has 2 N–H and O–H groups in total. The number of alkyl carbamates (subject to hydrolysis) is 1. The number of hydrogen-bond donors (Lipinski definition) is 2. The molecule has 1 unspecified atom stereocenters. The van der Waals surface area contributed by atoms with Crippen molar-refractivity contribution in [3.8, 4) is 11.1 Å². The lowest BCUT2D eigenvalue weighted by atomic mass is 9.74. The van der Waals surface area contributed by atoms with Gasteiger partial charge < -0.3 is 20.1 Å². The third-order valence-corrected chi connectivity index (χ3v) is 7.53. The number of benzene rings is 2. The van der Waals surface area contributed by atoms with E-state index in [1.54, 1.807) is 25.7 Å². The van der Waals surface area contributed by atoms with E-state index in [0.29, 0.717) is 13.1 Å². The Morgan fingerprint density at radius 3 is 2.29 bits per heavy atom. The Labute approximate surface area is 206 Å². The van der Waals surface area contributed by atoms with Gasteiger partial charge in [0.15, 0.2) is 0 Å². The van der Waals surface area contributed by atoms with Crippen LogP contribution >= 0.6 is 0 Å². The lowest BCUT2D eigenvalue weighted by Crippen LogP contribution is -2.48. The summed E-state index contributed by atoms with van der Waals surface area (Å²) in [6.45, 7) is 6.48. The molecule has 1 fully saturated rings. The molecule has 2 aliphatic rings. The van der Waals surface area contributed by atoms with Gasteiger partial charge in [0, 0.05) is 31.5 Å². The molecule has 0 aromatic heterocycles. The van der Waals surface area contributed by atoms with Crippen LogP contribution in [0.15, 0.2) is 48.5 Å². The zero-order valence-corrected chi connectivity index (χ0v) is 20.6. The summed E-state index contributed by atoms with van der Waals surface area (Å²) >= 11 is 0. The average molecular weight is 479 g/mol. The van der Waals surface area contributed by atoms with Crippen LogP contribution in [0.4, 0.5) is 4.79 Å². The standard InChI is InChI=1S/C28H34N2O5/c1-18(15-25(31)30-14-8-9-19(16-30)28(2,3)26(32)33)29-27(34)35-17-24-22-12-6-4-10-20(22)21-11-5-7-13-23(21)24/h4-7,10-13,18-19,24H,8-9,14-17H2,1-3H3,(H,29,34)(H,32,33)/t18-,19?/m1/s1. The molecule has 0 spiro atoms. The van der Waals surface area contributed by atoms with E-state index in [2.05, 4.69) is 29.6 Å². The molecule has 1 aliphatic heterocycles. The van der Waals surface area contributed by atoms with Gasteiger partial charge in [-0.15, -0.1) is 0 Å². The summed E-state index contributed by atoms with van der Waals surface area (Å²) in [6.07, 6.45) is 1.17. The van der Waals surface area contributed by atoms with E-state index in [1.165, 1.54) is 11.1 Å². The van der Waals surface area contributed by atoms with Gasteiger partial charge in [0.2, 0.25) is 5.91 Å². The molecule has 7 nitrogen and oxygen atoms in total. The normalized spacial score (nSPS) is 18.4. The Kier molecular flexibility index (Phi) is 7.15. The topological polar surface area (TPSA) is 95.9 Å². The van der Waals surface area contributed by atoms with Crippen molar-refractivity contribution in [3.63, 3.8) is 0 Å². The van der Waals surface area contributed by atoms with E-state index in [0.717, 1.165) is 24.0 Å². The Bertz CT molecular complexity index is 1070. The van der Waals surface area contributed by atoms with Crippen LogP contribution in [-0.2, 0) is 14.3 Å². The highest BCUT2D eigenvalue weighted by atomic mass is 16.5. The summed E-state index contributed by atoms with van der Waals surface area (Å²) in [4.78, 5) is 38.7. The van der Waals surface area contributed by atoms with Crippen molar-refractivity contribution in [2.45, 2.75) is 52.0 Å². The van der Waals surface area contributed by atoms with Crippen LogP contribution in [0.3, 0.4) is 0 Å². The predicted octanol–water partition coefficient (Wildman–Crippen LogP) is 4.65. The molecule has 0 bridgehead atoms. The van der Waals surface area contributed by atoms with Gasteiger partial charge in [-0.05, 0) is 61.8 Å². The number of carbonyl (C=O) groups is 3. The van der Waals surface area contributed by atoms with E-state index in [4.69, 9.17) is 4.74 Å². The number of nitrogens with zero attached hydrogens (tertiary/aromatic N) is 1. The quantitative estimate of drug-likeness (QED) is 0.604. The SMILES string of the molecule is C[C@H](CC(=O)N1CCCC(C(C)(C)C(=O)O)C1)NC(=O)OCC1c2ccccc2-c2ccccc21. The summed E-state index contributed by atoms with van der Waals surface area (Å²) in [5.41, 5.74) is 3.75. The highest BCUT2D eigenvalue weighted by Gasteiger charge is 2.40. The average Bonchev–Trinajstić information content (AvgIpc) is 3.16. The van der Waals surface area contributed by atoms with E-state index in [9.17, 15) is 19.5 Å². The minimum atomic E-state index is -0.885. The Morgan fingerprint density at radius 2 is 1.69 bits per heavy atom. The number of amides is 2. The molecule has 35 heavy (non-hydrogen) atoms. The van der Waals surface area contributed by atoms with Crippen LogP contribution < -0.4 is 5.32 Å². The number of rotatable bonds is 7. The number of ether oxygens (including phenoxy) is 1. The molecule has 2 atom stereocenters. The monoisotopic (exact) mass is 478 g/mol. The van der Waals surface area contributed by atoms with Gasteiger partial charge in [0.1, 0.15) is 6.61 Å². The van der Waals surface area contributed by atoms with Gasteiger partial charge >= 0.3 is 12.1 Å². The van der Waals surface area contributed by atoms with Crippen LogP contribution in [0.2, 0.25) is 0 Å². The summed E-state index contributed by atoms with van der Waals surface area (Å²) in [5.74, 6) is -1.04. The van der Waals surface area contributed by atoms with Crippen molar-refractivity contribution in [1.29, 1.82) is 0 Å². The molecule has 0 saturated carbocycles. The van der Waals surface area contributed by atoms with Crippen molar-refractivity contribution in [1.82, 2.24) is 10.2 Å². The molecule has 1 saturated heterocycles. The molecule has 1 aliphatic carbocycles. The number of aliphatic carboxylic acids is 1. The number of fused-ring (bicyclic) bond motifs is 3. The fourth-order valence-electron chi connectivity index (χ4n) is 5.25. The number of nitrogens with one attached hydrogen (secondary N) is 1. The van der Waals surface area contributed by atoms with Crippen molar-refractivity contribution < 1.29 is 24.2 Å². The molecule has 1 heterocycles.